The highest BCUT2D eigenvalue weighted by atomic mass is 32.2. The van der Waals surface area contributed by atoms with Crippen molar-refractivity contribution in [2.24, 2.45) is 4.99 Å². The van der Waals surface area contributed by atoms with Crippen LogP contribution in [0.15, 0.2) is 75.2 Å². The minimum Gasteiger partial charge on any atom is -0.493 e. The van der Waals surface area contributed by atoms with Crippen LogP contribution in [0.3, 0.4) is 0 Å². The van der Waals surface area contributed by atoms with E-state index < -0.39 is 0 Å². The second-order valence-corrected chi connectivity index (χ2v) is 7.17. The Kier molecular flexibility index (Phi) is 4.71. The van der Waals surface area contributed by atoms with Crippen LogP contribution in [0.1, 0.15) is 23.0 Å². The van der Waals surface area contributed by atoms with E-state index in [1.54, 1.807) is 20.5 Å². The molecule has 0 fully saturated rings. The van der Waals surface area contributed by atoms with Gasteiger partial charge in [0.25, 0.3) is 0 Å². The molecule has 0 amide bonds. The number of methoxy groups -OCH3 is 2. The zero-order valence-corrected chi connectivity index (χ0v) is 15.5. The molecule has 0 N–H and O–H groups in total. The third kappa shape index (κ3) is 3.22. The maximum absolute atomic E-state index is 5.62. The maximum atomic E-state index is 5.62. The van der Waals surface area contributed by atoms with E-state index in [9.17, 15) is 0 Å². The van der Waals surface area contributed by atoms with Gasteiger partial charge in [-0.3, -0.25) is 0 Å². The molecule has 4 nitrogen and oxygen atoms in total. The van der Waals surface area contributed by atoms with Crippen molar-refractivity contribution in [3.05, 3.63) is 72.2 Å². The van der Waals surface area contributed by atoms with Gasteiger partial charge in [0.15, 0.2) is 11.5 Å². The number of rotatable bonds is 4. The Morgan fingerprint density at radius 1 is 1.00 bits per heavy atom. The summed E-state index contributed by atoms with van der Waals surface area (Å²) >= 11 is 1.81. The average molecular weight is 365 g/mol. The molecular formula is C21H19NO3S. The molecule has 0 unspecified atom stereocenters. The molecular weight excluding hydrogens is 346 g/mol. The molecule has 4 rings (SSSR count). The molecule has 0 aliphatic carbocycles. The zero-order valence-electron chi connectivity index (χ0n) is 14.6. The van der Waals surface area contributed by atoms with E-state index >= 15 is 0 Å². The first kappa shape index (κ1) is 16.8. The van der Waals surface area contributed by atoms with E-state index in [1.807, 2.05) is 54.2 Å². The number of furan rings is 1. The molecule has 1 atom stereocenters. The highest BCUT2D eigenvalue weighted by Crippen LogP contribution is 2.46. The summed E-state index contributed by atoms with van der Waals surface area (Å²) in [4.78, 5) is 6.04. The first-order valence-corrected chi connectivity index (χ1v) is 9.25. The molecule has 3 aromatic rings. The molecule has 0 saturated heterocycles. The van der Waals surface area contributed by atoms with E-state index in [1.165, 1.54) is 5.56 Å². The fourth-order valence-electron chi connectivity index (χ4n) is 3.05. The van der Waals surface area contributed by atoms with Crippen LogP contribution in [0.2, 0.25) is 0 Å². The van der Waals surface area contributed by atoms with Crippen LogP contribution in [0.4, 0.5) is 5.69 Å². The quantitative estimate of drug-likeness (QED) is 0.599. The number of fused-ring (bicyclic) bond motifs is 1. The lowest BCUT2D eigenvalue weighted by Crippen LogP contribution is -2.05. The third-order valence-electron chi connectivity index (χ3n) is 4.35. The molecule has 2 heterocycles. The zero-order chi connectivity index (χ0) is 17.9. The molecule has 0 spiro atoms. The van der Waals surface area contributed by atoms with Crippen LogP contribution in [0, 0.1) is 0 Å². The Morgan fingerprint density at radius 2 is 1.85 bits per heavy atom. The number of benzene rings is 2. The van der Waals surface area contributed by atoms with Crippen LogP contribution >= 0.6 is 11.8 Å². The van der Waals surface area contributed by atoms with Gasteiger partial charge in [0.05, 0.1) is 31.9 Å². The van der Waals surface area contributed by atoms with Crippen molar-refractivity contribution in [3.8, 4) is 11.5 Å². The fraction of sp³-hybridized carbons (Fsp3) is 0.190. The number of thioether (sulfide) groups is 1. The lowest BCUT2D eigenvalue weighted by molar-refractivity contribution is 0.354. The summed E-state index contributed by atoms with van der Waals surface area (Å²) in [5, 5.41) is 0.197. The SMILES string of the molecule is COc1ccc([C@@H]2CC(c3ccco3)=Nc3ccccc3S2)cc1OC. The van der Waals surface area contributed by atoms with Crippen molar-refractivity contribution in [2.75, 3.05) is 14.2 Å². The minimum atomic E-state index is 0.197. The number of hydrogen-bond acceptors (Lipinski definition) is 5. The summed E-state index contributed by atoms with van der Waals surface area (Å²) < 4.78 is 16.5. The van der Waals surface area contributed by atoms with Crippen LogP contribution in [-0.4, -0.2) is 19.9 Å². The van der Waals surface area contributed by atoms with Crippen molar-refractivity contribution in [3.63, 3.8) is 0 Å². The van der Waals surface area contributed by atoms with Crippen molar-refractivity contribution < 1.29 is 13.9 Å². The van der Waals surface area contributed by atoms with Crippen LogP contribution in [0.25, 0.3) is 0 Å². The minimum absolute atomic E-state index is 0.197. The lowest BCUT2D eigenvalue weighted by atomic mass is 10.0. The predicted molar refractivity (Wildman–Crippen MR) is 104 cm³/mol. The standard InChI is InChI=1S/C21H19NO3S/c1-23-18-10-9-14(12-19(18)24-2)21-13-16(17-7-5-11-25-17)22-15-6-3-4-8-20(15)26-21/h3-12,21H,13H2,1-2H3/t21-/m0/s1. The first-order valence-electron chi connectivity index (χ1n) is 8.37. The molecule has 0 saturated carbocycles. The first-order chi connectivity index (χ1) is 12.8. The molecule has 1 aliphatic heterocycles. The number of ether oxygens (including phenoxy) is 2. The predicted octanol–water partition coefficient (Wildman–Crippen LogP) is 5.65. The largest absolute Gasteiger partial charge is 0.493 e. The van der Waals surface area contributed by atoms with E-state index in [0.29, 0.717) is 0 Å². The van der Waals surface area contributed by atoms with E-state index in [-0.39, 0.29) is 5.25 Å². The van der Waals surface area contributed by atoms with E-state index in [0.717, 1.165) is 40.0 Å². The van der Waals surface area contributed by atoms with Crippen molar-refractivity contribution in [1.82, 2.24) is 0 Å². The summed E-state index contributed by atoms with van der Waals surface area (Å²) in [6, 6.07) is 18.2. The van der Waals surface area contributed by atoms with Gasteiger partial charge in [0.2, 0.25) is 0 Å². The molecule has 5 heteroatoms. The van der Waals surface area contributed by atoms with E-state index in [2.05, 4.69) is 12.1 Å². The molecule has 132 valence electrons. The number of para-hydroxylation sites is 1. The number of aliphatic imine (C=N–C) groups is 1. The van der Waals surface area contributed by atoms with Crippen molar-refractivity contribution >= 4 is 23.2 Å². The highest BCUT2D eigenvalue weighted by Gasteiger charge is 2.24. The number of nitrogens with zero attached hydrogens (tertiary/aromatic N) is 1. The van der Waals surface area contributed by atoms with Gasteiger partial charge < -0.3 is 13.9 Å². The molecule has 26 heavy (non-hydrogen) atoms. The maximum Gasteiger partial charge on any atom is 0.161 e. The fourth-order valence-corrected chi connectivity index (χ4v) is 4.27. The van der Waals surface area contributed by atoms with Gasteiger partial charge in [-0.2, -0.15) is 0 Å². The summed E-state index contributed by atoms with van der Waals surface area (Å²) in [5.74, 6) is 2.28. The Balaban J connectivity index is 1.77. The summed E-state index contributed by atoms with van der Waals surface area (Å²) in [6.45, 7) is 0. The summed E-state index contributed by atoms with van der Waals surface area (Å²) in [5.41, 5.74) is 3.10. The van der Waals surface area contributed by atoms with Gasteiger partial charge >= 0.3 is 0 Å². The number of hydrogen-bond donors (Lipinski definition) is 0. The second-order valence-electron chi connectivity index (χ2n) is 5.93. The van der Waals surface area contributed by atoms with Crippen molar-refractivity contribution in [2.45, 2.75) is 16.6 Å². The monoisotopic (exact) mass is 365 g/mol. The Morgan fingerprint density at radius 3 is 2.62 bits per heavy atom. The Bertz CT molecular complexity index is 934. The Hall–Kier alpha value is -2.66. The van der Waals surface area contributed by atoms with Gasteiger partial charge in [-0.25, -0.2) is 4.99 Å². The third-order valence-corrected chi connectivity index (χ3v) is 5.68. The highest BCUT2D eigenvalue weighted by molar-refractivity contribution is 7.99. The smallest absolute Gasteiger partial charge is 0.161 e. The topological polar surface area (TPSA) is 44.0 Å². The lowest BCUT2D eigenvalue weighted by Gasteiger charge is -2.17. The second kappa shape index (κ2) is 7.30. The van der Waals surface area contributed by atoms with Gasteiger partial charge in [-0.1, -0.05) is 18.2 Å². The Labute approximate surface area is 156 Å². The van der Waals surface area contributed by atoms with Crippen molar-refractivity contribution in [1.29, 1.82) is 0 Å². The van der Waals surface area contributed by atoms with Gasteiger partial charge in [0.1, 0.15) is 5.76 Å². The van der Waals surface area contributed by atoms with E-state index in [4.69, 9.17) is 18.9 Å². The van der Waals surface area contributed by atoms with Crippen LogP contribution in [0.5, 0.6) is 11.5 Å². The molecule has 1 aromatic heterocycles. The summed E-state index contributed by atoms with van der Waals surface area (Å²) in [7, 11) is 3.31. The van der Waals surface area contributed by atoms with Crippen LogP contribution in [-0.2, 0) is 0 Å². The van der Waals surface area contributed by atoms with Crippen LogP contribution < -0.4 is 9.47 Å². The average Bonchev–Trinajstić information content (AvgIpc) is 3.15. The molecule has 0 radical (unpaired) electrons. The molecule has 0 bridgehead atoms. The van der Waals surface area contributed by atoms with Gasteiger partial charge in [-0.15, -0.1) is 11.8 Å². The normalized spacial score (nSPS) is 16.4. The molecule has 1 aliphatic rings. The van der Waals surface area contributed by atoms with Gasteiger partial charge in [-0.05, 0) is 42.0 Å². The summed E-state index contributed by atoms with van der Waals surface area (Å²) in [6.07, 6.45) is 2.45. The molecule has 2 aromatic carbocycles. The van der Waals surface area contributed by atoms with Gasteiger partial charge in [0, 0.05) is 16.6 Å².